The predicted molar refractivity (Wildman–Crippen MR) is 53.7 cm³/mol. The number of phenols is 1. The van der Waals surface area contributed by atoms with Crippen LogP contribution < -0.4 is 0 Å². The second kappa shape index (κ2) is 5.14. The van der Waals surface area contributed by atoms with Crippen LogP contribution in [0.4, 0.5) is 4.39 Å². The molecule has 0 aliphatic carbocycles. The average molecular weight is 210 g/mol. The van der Waals surface area contributed by atoms with Crippen molar-refractivity contribution in [2.24, 2.45) is 0 Å². The van der Waals surface area contributed by atoms with E-state index in [1.165, 1.54) is 12.1 Å². The molecule has 1 aromatic rings. The standard InChI is InChI=1S/C11H11FO3/c1-2-15-11(14)6-3-8-7-9(12)4-5-10(8)13/h3-7,13H,2H2,1H3. The molecule has 1 rings (SSSR count). The number of hydrogen-bond donors (Lipinski definition) is 1. The number of phenolic OH excluding ortho intramolecular Hbond substituents is 1. The van der Waals surface area contributed by atoms with Crippen LogP contribution in [-0.4, -0.2) is 17.7 Å². The monoisotopic (exact) mass is 210 g/mol. The molecule has 0 bridgehead atoms. The molecule has 80 valence electrons. The van der Waals surface area contributed by atoms with Crippen LogP contribution in [0, 0.1) is 5.82 Å². The van der Waals surface area contributed by atoms with Crippen molar-refractivity contribution in [3.8, 4) is 5.75 Å². The van der Waals surface area contributed by atoms with Crippen LogP contribution in [0.1, 0.15) is 12.5 Å². The normalized spacial score (nSPS) is 10.5. The third-order valence-corrected chi connectivity index (χ3v) is 1.68. The number of rotatable bonds is 3. The summed E-state index contributed by atoms with van der Waals surface area (Å²) in [6.07, 6.45) is 2.44. The number of hydrogen-bond acceptors (Lipinski definition) is 3. The average Bonchev–Trinajstić information content (AvgIpc) is 2.20. The number of esters is 1. The number of ether oxygens (including phenoxy) is 1. The summed E-state index contributed by atoms with van der Waals surface area (Å²) >= 11 is 0. The lowest BCUT2D eigenvalue weighted by atomic mass is 10.2. The Morgan fingerprint density at radius 1 is 1.60 bits per heavy atom. The van der Waals surface area contributed by atoms with Crippen LogP contribution in [0.25, 0.3) is 6.08 Å². The van der Waals surface area contributed by atoms with E-state index in [2.05, 4.69) is 4.74 Å². The van der Waals surface area contributed by atoms with Crippen molar-refractivity contribution in [2.45, 2.75) is 6.92 Å². The van der Waals surface area contributed by atoms with Crippen molar-refractivity contribution in [3.63, 3.8) is 0 Å². The number of benzene rings is 1. The molecule has 4 heteroatoms. The van der Waals surface area contributed by atoms with Crippen molar-refractivity contribution >= 4 is 12.0 Å². The Labute approximate surface area is 86.8 Å². The highest BCUT2D eigenvalue weighted by Gasteiger charge is 2.00. The summed E-state index contributed by atoms with van der Waals surface area (Å²) in [5.74, 6) is -1.09. The molecule has 15 heavy (non-hydrogen) atoms. The Hall–Kier alpha value is -1.84. The number of halogens is 1. The van der Waals surface area contributed by atoms with Crippen LogP contribution in [0.2, 0.25) is 0 Å². The lowest BCUT2D eigenvalue weighted by molar-refractivity contribution is -0.137. The molecule has 0 aliphatic rings. The fourth-order valence-corrected chi connectivity index (χ4v) is 1.01. The number of carbonyl (C=O) groups is 1. The van der Waals surface area contributed by atoms with Gasteiger partial charge >= 0.3 is 5.97 Å². The van der Waals surface area contributed by atoms with Gasteiger partial charge in [-0.25, -0.2) is 9.18 Å². The van der Waals surface area contributed by atoms with Crippen LogP contribution >= 0.6 is 0 Å². The van der Waals surface area contributed by atoms with E-state index in [-0.39, 0.29) is 17.9 Å². The van der Waals surface area contributed by atoms with Gasteiger partial charge in [0.15, 0.2) is 0 Å². The maximum absolute atomic E-state index is 12.8. The zero-order valence-electron chi connectivity index (χ0n) is 8.24. The molecule has 0 fully saturated rings. The first-order valence-corrected chi connectivity index (χ1v) is 4.47. The van der Waals surface area contributed by atoms with Crippen molar-refractivity contribution < 1.29 is 19.0 Å². The maximum atomic E-state index is 12.8. The van der Waals surface area contributed by atoms with E-state index < -0.39 is 11.8 Å². The molecule has 3 nitrogen and oxygen atoms in total. The van der Waals surface area contributed by atoms with E-state index in [4.69, 9.17) is 0 Å². The number of aromatic hydroxyl groups is 1. The van der Waals surface area contributed by atoms with Gasteiger partial charge < -0.3 is 9.84 Å². The fourth-order valence-electron chi connectivity index (χ4n) is 1.01. The third-order valence-electron chi connectivity index (χ3n) is 1.68. The molecule has 0 atom stereocenters. The molecule has 0 heterocycles. The Morgan fingerprint density at radius 2 is 2.33 bits per heavy atom. The quantitative estimate of drug-likeness (QED) is 0.614. The summed E-state index contributed by atoms with van der Waals surface area (Å²) in [4.78, 5) is 10.9. The van der Waals surface area contributed by atoms with E-state index in [0.717, 1.165) is 18.2 Å². The van der Waals surface area contributed by atoms with Gasteiger partial charge in [0.1, 0.15) is 11.6 Å². The van der Waals surface area contributed by atoms with Crippen LogP contribution in [0.15, 0.2) is 24.3 Å². The minimum absolute atomic E-state index is 0.0862. The fraction of sp³-hybridized carbons (Fsp3) is 0.182. The molecular weight excluding hydrogens is 199 g/mol. The van der Waals surface area contributed by atoms with E-state index in [0.29, 0.717) is 0 Å². The topological polar surface area (TPSA) is 46.5 Å². The zero-order chi connectivity index (χ0) is 11.3. The first-order valence-electron chi connectivity index (χ1n) is 4.47. The van der Waals surface area contributed by atoms with E-state index in [9.17, 15) is 14.3 Å². The second-order valence-electron chi connectivity index (χ2n) is 2.79. The molecule has 1 aromatic carbocycles. The van der Waals surface area contributed by atoms with Crippen LogP contribution in [-0.2, 0) is 9.53 Å². The highest BCUT2D eigenvalue weighted by Crippen LogP contribution is 2.19. The maximum Gasteiger partial charge on any atom is 0.330 e. The Bertz CT molecular complexity index is 385. The van der Waals surface area contributed by atoms with E-state index >= 15 is 0 Å². The highest BCUT2D eigenvalue weighted by molar-refractivity contribution is 5.87. The first-order chi connectivity index (χ1) is 7.13. The van der Waals surface area contributed by atoms with Crippen molar-refractivity contribution in [1.29, 1.82) is 0 Å². The minimum Gasteiger partial charge on any atom is -0.507 e. The van der Waals surface area contributed by atoms with Gasteiger partial charge in [0.2, 0.25) is 0 Å². The van der Waals surface area contributed by atoms with Gasteiger partial charge in [-0.2, -0.15) is 0 Å². The Morgan fingerprint density at radius 3 is 3.00 bits per heavy atom. The molecule has 0 amide bonds. The molecule has 1 N–H and O–H groups in total. The first kappa shape index (κ1) is 11.2. The summed E-state index contributed by atoms with van der Waals surface area (Å²) in [6, 6.07) is 3.49. The molecule has 0 aliphatic heterocycles. The molecule has 0 spiro atoms. The molecule has 0 unspecified atom stereocenters. The van der Waals surface area contributed by atoms with Gasteiger partial charge in [0, 0.05) is 11.6 Å². The molecule has 0 radical (unpaired) electrons. The largest absolute Gasteiger partial charge is 0.507 e. The highest BCUT2D eigenvalue weighted by atomic mass is 19.1. The SMILES string of the molecule is CCOC(=O)C=Cc1cc(F)ccc1O. The summed E-state index contributed by atoms with van der Waals surface area (Å²) in [5, 5.41) is 9.31. The molecule has 0 saturated carbocycles. The molecule has 0 aromatic heterocycles. The van der Waals surface area contributed by atoms with Crippen molar-refractivity contribution in [3.05, 3.63) is 35.7 Å². The van der Waals surface area contributed by atoms with Gasteiger partial charge in [-0.05, 0) is 31.2 Å². The van der Waals surface area contributed by atoms with Gasteiger partial charge in [-0.3, -0.25) is 0 Å². The minimum atomic E-state index is -0.527. The van der Waals surface area contributed by atoms with Crippen molar-refractivity contribution in [2.75, 3.05) is 6.61 Å². The summed E-state index contributed by atoms with van der Waals surface area (Å²) in [7, 11) is 0. The smallest absolute Gasteiger partial charge is 0.330 e. The van der Waals surface area contributed by atoms with E-state index in [1.807, 2.05) is 0 Å². The Balaban J connectivity index is 2.79. The lowest BCUT2D eigenvalue weighted by Gasteiger charge is -1.98. The van der Waals surface area contributed by atoms with Gasteiger partial charge in [-0.15, -0.1) is 0 Å². The van der Waals surface area contributed by atoms with Gasteiger partial charge in [0.25, 0.3) is 0 Å². The van der Waals surface area contributed by atoms with Crippen LogP contribution in [0.3, 0.4) is 0 Å². The zero-order valence-corrected chi connectivity index (χ0v) is 8.24. The molecular formula is C11H11FO3. The summed E-state index contributed by atoms with van der Waals surface area (Å²) in [5.41, 5.74) is 0.239. The predicted octanol–water partition coefficient (Wildman–Crippen LogP) is 2.11. The van der Waals surface area contributed by atoms with Gasteiger partial charge in [-0.1, -0.05) is 0 Å². The van der Waals surface area contributed by atoms with Crippen molar-refractivity contribution in [1.82, 2.24) is 0 Å². The third kappa shape index (κ3) is 3.42. The summed E-state index contributed by atoms with van der Waals surface area (Å²) in [6.45, 7) is 1.96. The summed E-state index contributed by atoms with van der Waals surface area (Å²) < 4.78 is 17.4. The molecule has 0 saturated heterocycles. The lowest BCUT2D eigenvalue weighted by Crippen LogP contribution is -1.98. The van der Waals surface area contributed by atoms with E-state index in [1.54, 1.807) is 6.92 Å². The number of carbonyl (C=O) groups excluding carboxylic acids is 1. The Kier molecular flexibility index (Phi) is 3.85. The van der Waals surface area contributed by atoms with Gasteiger partial charge in [0.05, 0.1) is 6.61 Å². The second-order valence-corrected chi connectivity index (χ2v) is 2.79. The van der Waals surface area contributed by atoms with Crippen LogP contribution in [0.5, 0.6) is 5.75 Å².